The number of carbonyl (C=O) groups excluding carboxylic acids is 2. The van der Waals surface area contributed by atoms with Crippen molar-refractivity contribution in [1.82, 2.24) is 4.98 Å². The topological polar surface area (TPSA) is 73.4 Å². The number of carbonyl (C=O) groups is 2. The molecule has 0 aliphatic carbocycles. The monoisotopic (exact) mass is 520 g/mol. The van der Waals surface area contributed by atoms with Crippen molar-refractivity contribution in [3.63, 3.8) is 0 Å². The van der Waals surface area contributed by atoms with E-state index >= 15 is 0 Å². The summed E-state index contributed by atoms with van der Waals surface area (Å²) in [5.74, 6) is -1.68. The minimum Gasteiger partial charge on any atom is -0.507 e. The van der Waals surface area contributed by atoms with E-state index in [0.717, 1.165) is 26.6 Å². The lowest BCUT2D eigenvalue weighted by atomic mass is 9.93. The Morgan fingerprint density at radius 3 is 2.48 bits per heavy atom. The second-order valence-corrected chi connectivity index (χ2v) is 9.22. The molecule has 2 heterocycles. The molecule has 1 atom stereocenters. The zero-order valence-electron chi connectivity index (χ0n) is 17.5. The summed E-state index contributed by atoms with van der Waals surface area (Å²) in [6.45, 7) is 1.90. The van der Waals surface area contributed by atoms with Gasteiger partial charge in [-0.2, -0.15) is 0 Å². The molecule has 1 aromatic heterocycles. The van der Waals surface area contributed by atoms with Crippen molar-refractivity contribution in [1.29, 1.82) is 0 Å². The molecule has 1 amide bonds. The van der Waals surface area contributed by atoms with Crippen LogP contribution in [0.2, 0.25) is 5.02 Å². The predicted octanol–water partition coefficient (Wildman–Crippen LogP) is 6.52. The van der Waals surface area contributed by atoms with E-state index in [0.29, 0.717) is 16.3 Å². The minimum atomic E-state index is -0.830. The summed E-state index contributed by atoms with van der Waals surface area (Å²) in [6.07, 6.45) is 0. The summed E-state index contributed by atoms with van der Waals surface area (Å²) >= 11 is 9.60. The fourth-order valence-corrected chi connectivity index (χ4v) is 4.86. The molecule has 2 N–H and O–H groups in total. The molecule has 5 rings (SSSR count). The first-order valence-corrected chi connectivity index (χ1v) is 11.4. The lowest BCUT2D eigenvalue weighted by Gasteiger charge is -2.26. The number of aromatic amines is 1. The molecular formula is C26H18BrClN2O3. The number of aromatic nitrogens is 1. The Bertz CT molecular complexity index is 1460. The van der Waals surface area contributed by atoms with Gasteiger partial charge in [-0.15, -0.1) is 0 Å². The summed E-state index contributed by atoms with van der Waals surface area (Å²) in [6, 6.07) is 20.6. The number of benzene rings is 3. The number of aliphatic hydroxyl groups excluding tert-OH is 1. The number of para-hydroxylation sites is 1. The molecule has 0 spiro atoms. The molecule has 0 bridgehead atoms. The van der Waals surface area contributed by atoms with Crippen molar-refractivity contribution in [3.8, 4) is 0 Å². The van der Waals surface area contributed by atoms with E-state index in [-0.39, 0.29) is 11.3 Å². The van der Waals surface area contributed by atoms with Crippen LogP contribution in [0.1, 0.15) is 22.9 Å². The summed E-state index contributed by atoms with van der Waals surface area (Å²) in [4.78, 5) is 31.4. The Morgan fingerprint density at radius 1 is 1.03 bits per heavy atom. The normalized spacial score (nSPS) is 17.8. The molecule has 4 aromatic rings. The number of nitrogens with zero attached hydrogens (tertiary/aromatic N) is 1. The third-order valence-electron chi connectivity index (χ3n) is 5.87. The van der Waals surface area contributed by atoms with Gasteiger partial charge in [0, 0.05) is 42.9 Å². The van der Waals surface area contributed by atoms with Gasteiger partial charge >= 0.3 is 0 Å². The molecule has 7 heteroatoms. The van der Waals surface area contributed by atoms with Crippen LogP contribution in [0.4, 0.5) is 5.69 Å². The number of hydrogen-bond donors (Lipinski definition) is 2. The molecule has 164 valence electrons. The highest BCUT2D eigenvalue weighted by atomic mass is 79.9. The van der Waals surface area contributed by atoms with E-state index in [4.69, 9.17) is 11.6 Å². The molecule has 0 saturated carbocycles. The third kappa shape index (κ3) is 3.56. The van der Waals surface area contributed by atoms with Crippen molar-refractivity contribution in [3.05, 3.63) is 105 Å². The number of hydrogen-bond acceptors (Lipinski definition) is 3. The van der Waals surface area contributed by atoms with Crippen LogP contribution in [0.5, 0.6) is 0 Å². The molecule has 1 unspecified atom stereocenters. The van der Waals surface area contributed by atoms with E-state index in [1.165, 1.54) is 4.90 Å². The molecular weight excluding hydrogens is 504 g/mol. The van der Waals surface area contributed by atoms with Gasteiger partial charge in [0.2, 0.25) is 0 Å². The van der Waals surface area contributed by atoms with Crippen LogP contribution in [0.15, 0.2) is 82.8 Å². The second-order valence-electron chi connectivity index (χ2n) is 7.87. The maximum Gasteiger partial charge on any atom is 0.300 e. The van der Waals surface area contributed by atoms with Crippen molar-refractivity contribution >= 4 is 61.6 Å². The van der Waals surface area contributed by atoms with E-state index in [2.05, 4.69) is 20.9 Å². The Morgan fingerprint density at radius 2 is 1.76 bits per heavy atom. The highest BCUT2D eigenvalue weighted by molar-refractivity contribution is 9.10. The number of halogens is 2. The van der Waals surface area contributed by atoms with E-state index in [1.54, 1.807) is 48.5 Å². The van der Waals surface area contributed by atoms with Gasteiger partial charge in [0.15, 0.2) is 0 Å². The number of Topliss-reactive ketones (excluding diaryl/α,β-unsaturated/α-hetero) is 1. The van der Waals surface area contributed by atoms with Gasteiger partial charge in [0.05, 0.1) is 11.6 Å². The van der Waals surface area contributed by atoms with Crippen molar-refractivity contribution < 1.29 is 14.7 Å². The lowest BCUT2D eigenvalue weighted by molar-refractivity contribution is -0.132. The van der Waals surface area contributed by atoms with Crippen LogP contribution in [-0.4, -0.2) is 21.8 Å². The van der Waals surface area contributed by atoms with E-state index < -0.39 is 17.7 Å². The molecule has 33 heavy (non-hydrogen) atoms. The number of nitrogens with one attached hydrogen (secondary N) is 1. The Hall–Kier alpha value is -3.35. The first-order chi connectivity index (χ1) is 15.9. The minimum absolute atomic E-state index is 0.0372. The smallest absolute Gasteiger partial charge is 0.300 e. The highest BCUT2D eigenvalue weighted by Crippen LogP contribution is 2.45. The van der Waals surface area contributed by atoms with Gasteiger partial charge in [-0.1, -0.05) is 63.9 Å². The maximum atomic E-state index is 13.3. The number of rotatable bonds is 3. The molecule has 5 nitrogen and oxygen atoms in total. The summed E-state index contributed by atoms with van der Waals surface area (Å²) in [7, 11) is 0. The lowest BCUT2D eigenvalue weighted by Crippen LogP contribution is -2.29. The third-order valence-corrected chi connectivity index (χ3v) is 6.63. The quantitative estimate of drug-likeness (QED) is 0.183. The zero-order chi connectivity index (χ0) is 23.3. The molecule has 0 radical (unpaired) electrons. The predicted molar refractivity (Wildman–Crippen MR) is 133 cm³/mol. The fourth-order valence-electron chi connectivity index (χ4n) is 4.41. The Balaban J connectivity index is 1.82. The van der Waals surface area contributed by atoms with Gasteiger partial charge in [-0.25, -0.2) is 0 Å². The van der Waals surface area contributed by atoms with Crippen LogP contribution in [0.25, 0.3) is 16.7 Å². The second kappa shape index (κ2) is 8.21. The number of amides is 1. The molecule has 1 saturated heterocycles. The first-order valence-electron chi connectivity index (χ1n) is 10.3. The maximum absolute atomic E-state index is 13.3. The number of aryl methyl sites for hydroxylation is 1. The van der Waals surface area contributed by atoms with Crippen molar-refractivity contribution in [2.75, 3.05) is 4.90 Å². The zero-order valence-corrected chi connectivity index (χ0v) is 19.8. The average molecular weight is 522 g/mol. The number of aliphatic hydroxyl groups is 1. The van der Waals surface area contributed by atoms with Gasteiger partial charge in [-0.3, -0.25) is 14.5 Å². The fraction of sp³-hybridized carbons (Fsp3) is 0.0769. The van der Waals surface area contributed by atoms with Crippen molar-refractivity contribution in [2.24, 2.45) is 0 Å². The van der Waals surface area contributed by atoms with Crippen molar-refractivity contribution in [2.45, 2.75) is 13.0 Å². The van der Waals surface area contributed by atoms with Gasteiger partial charge < -0.3 is 10.1 Å². The van der Waals surface area contributed by atoms with Gasteiger partial charge in [0.25, 0.3) is 11.7 Å². The molecule has 1 aliphatic heterocycles. The summed E-state index contributed by atoms with van der Waals surface area (Å²) in [5.41, 5.74) is 3.40. The van der Waals surface area contributed by atoms with Gasteiger partial charge in [0.1, 0.15) is 5.76 Å². The first kappa shape index (κ1) is 21.5. The van der Waals surface area contributed by atoms with Crippen LogP contribution >= 0.6 is 27.5 Å². The van der Waals surface area contributed by atoms with E-state index in [1.807, 2.05) is 31.2 Å². The summed E-state index contributed by atoms with van der Waals surface area (Å²) < 4.78 is 0.836. The number of ketones is 1. The number of fused-ring (bicyclic) bond motifs is 1. The Kier molecular flexibility index (Phi) is 5.35. The highest BCUT2D eigenvalue weighted by Gasteiger charge is 2.48. The largest absolute Gasteiger partial charge is 0.507 e. The average Bonchev–Trinajstić information content (AvgIpc) is 3.26. The standard InChI is InChI=1S/C26H18BrClN2O3/c1-14-21(19-7-2-3-8-20(19)29-14)23-22(24(31)15-9-11-16(27)12-10-15)25(32)26(33)30(23)18-6-4-5-17(28)13-18/h2-13,23,29,31H,1H3/b24-22+. The van der Waals surface area contributed by atoms with E-state index in [9.17, 15) is 14.7 Å². The van der Waals surface area contributed by atoms with Crippen LogP contribution in [0, 0.1) is 6.92 Å². The summed E-state index contributed by atoms with van der Waals surface area (Å²) in [5, 5.41) is 12.6. The van der Waals surface area contributed by atoms with Gasteiger partial charge in [-0.05, 0) is 43.3 Å². The molecule has 1 fully saturated rings. The number of anilines is 1. The SMILES string of the molecule is Cc1[nH]c2ccccc2c1C1/C(=C(\O)c2ccc(Br)cc2)C(=O)C(=O)N1c1cccc(Cl)c1. The van der Waals surface area contributed by atoms with Crippen LogP contribution in [0.3, 0.4) is 0 Å². The molecule has 1 aliphatic rings. The van der Waals surface area contributed by atoms with Crippen LogP contribution in [-0.2, 0) is 9.59 Å². The Labute approximate surface area is 203 Å². The number of H-pyrrole nitrogens is 1. The molecule has 3 aromatic carbocycles. The van der Waals surface area contributed by atoms with Crippen LogP contribution < -0.4 is 4.90 Å².